The number of amides is 1. The van der Waals surface area contributed by atoms with Crippen molar-refractivity contribution in [1.82, 2.24) is 4.90 Å². The van der Waals surface area contributed by atoms with Gasteiger partial charge in [-0.1, -0.05) is 42.0 Å². The standard InChI is InChI=1S/C18H21NO3/c1-14-8-10-15(11-9-14)12-19(2)18(20)13-22-17-7-5-4-6-16(17)21-3/h4-11H,12-13H2,1-3H3. The maximum Gasteiger partial charge on any atom is 0.260 e. The first-order valence-corrected chi connectivity index (χ1v) is 7.15. The molecule has 0 unspecified atom stereocenters. The van der Waals surface area contributed by atoms with Gasteiger partial charge >= 0.3 is 0 Å². The van der Waals surface area contributed by atoms with E-state index in [1.54, 1.807) is 31.2 Å². The Bertz CT molecular complexity index is 622. The van der Waals surface area contributed by atoms with Gasteiger partial charge in [-0.05, 0) is 24.6 Å². The number of carbonyl (C=O) groups excluding carboxylic acids is 1. The molecule has 0 bridgehead atoms. The van der Waals surface area contributed by atoms with Crippen LogP contribution in [0.5, 0.6) is 11.5 Å². The first kappa shape index (κ1) is 15.9. The molecular weight excluding hydrogens is 278 g/mol. The van der Waals surface area contributed by atoms with Crippen LogP contribution in [-0.4, -0.2) is 31.6 Å². The summed E-state index contributed by atoms with van der Waals surface area (Å²) in [7, 11) is 3.35. The maximum absolute atomic E-state index is 12.1. The zero-order valence-corrected chi connectivity index (χ0v) is 13.2. The van der Waals surface area contributed by atoms with Gasteiger partial charge < -0.3 is 14.4 Å². The summed E-state index contributed by atoms with van der Waals surface area (Å²) < 4.78 is 10.7. The van der Waals surface area contributed by atoms with E-state index in [1.807, 2.05) is 43.3 Å². The SMILES string of the molecule is COc1ccccc1OCC(=O)N(C)Cc1ccc(C)cc1. The molecule has 0 fully saturated rings. The monoisotopic (exact) mass is 299 g/mol. The van der Waals surface area contributed by atoms with Crippen molar-refractivity contribution < 1.29 is 14.3 Å². The summed E-state index contributed by atoms with van der Waals surface area (Å²) in [6.07, 6.45) is 0. The van der Waals surface area contributed by atoms with Gasteiger partial charge in [0.15, 0.2) is 18.1 Å². The summed E-state index contributed by atoms with van der Waals surface area (Å²) in [6, 6.07) is 15.4. The smallest absolute Gasteiger partial charge is 0.260 e. The predicted octanol–water partition coefficient (Wildman–Crippen LogP) is 3.04. The fourth-order valence-corrected chi connectivity index (χ4v) is 2.04. The van der Waals surface area contributed by atoms with Crippen molar-refractivity contribution >= 4 is 5.91 Å². The Morgan fingerprint density at radius 2 is 1.68 bits per heavy atom. The molecule has 2 rings (SSSR count). The van der Waals surface area contributed by atoms with Crippen molar-refractivity contribution in [3.63, 3.8) is 0 Å². The van der Waals surface area contributed by atoms with Gasteiger partial charge in [-0.15, -0.1) is 0 Å². The number of nitrogens with zero attached hydrogens (tertiary/aromatic N) is 1. The molecule has 116 valence electrons. The van der Waals surface area contributed by atoms with Crippen molar-refractivity contribution in [3.05, 3.63) is 59.7 Å². The number of hydrogen-bond donors (Lipinski definition) is 0. The summed E-state index contributed by atoms with van der Waals surface area (Å²) >= 11 is 0. The highest BCUT2D eigenvalue weighted by Crippen LogP contribution is 2.25. The van der Waals surface area contributed by atoms with Crippen LogP contribution in [0.2, 0.25) is 0 Å². The number of hydrogen-bond acceptors (Lipinski definition) is 3. The Morgan fingerprint density at radius 3 is 2.32 bits per heavy atom. The molecule has 0 spiro atoms. The molecule has 0 radical (unpaired) electrons. The molecule has 0 heterocycles. The first-order chi connectivity index (χ1) is 10.6. The predicted molar refractivity (Wildman–Crippen MR) is 86.1 cm³/mol. The van der Waals surface area contributed by atoms with E-state index >= 15 is 0 Å². The molecular formula is C18H21NO3. The number of ether oxygens (including phenoxy) is 2. The molecule has 0 aliphatic rings. The molecule has 0 aliphatic heterocycles. The second kappa shape index (κ2) is 7.50. The van der Waals surface area contributed by atoms with Crippen LogP contribution in [0.25, 0.3) is 0 Å². The highest BCUT2D eigenvalue weighted by atomic mass is 16.5. The molecule has 0 saturated heterocycles. The van der Waals surface area contributed by atoms with E-state index in [1.165, 1.54) is 5.56 Å². The quantitative estimate of drug-likeness (QED) is 0.823. The minimum Gasteiger partial charge on any atom is -0.493 e. The second-order valence-electron chi connectivity index (χ2n) is 5.17. The van der Waals surface area contributed by atoms with E-state index in [2.05, 4.69) is 0 Å². The molecule has 0 saturated carbocycles. The van der Waals surface area contributed by atoms with Crippen molar-refractivity contribution in [2.75, 3.05) is 20.8 Å². The third-order valence-electron chi connectivity index (χ3n) is 3.39. The van der Waals surface area contributed by atoms with Gasteiger partial charge in [0.05, 0.1) is 7.11 Å². The van der Waals surface area contributed by atoms with Crippen LogP contribution in [0.4, 0.5) is 0 Å². The van der Waals surface area contributed by atoms with Crippen LogP contribution in [0.1, 0.15) is 11.1 Å². The molecule has 0 N–H and O–H groups in total. The normalized spacial score (nSPS) is 10.1. The van der Waals surface area contributed by atoms with E-state index in [4.69, 9.17) is 9.47 Å². The second-order valence-corrected chi connectivity index (χ2v) is 5.17. The fourth-order valence-electron chi connectivity index (χ4n) is 2.04. The number of rotatable bonds is 6. The van der Waals surface area contributed by atoms with Crippen LogP contribution in [0.15, 0.2) is 48.5 Å². The zero-order valence-electron chi connectivity index (χ0n) is 13.2. The zero-order chi connectivity index (χ0) is 15.9. The average molecular weight is 299 g/mol. The Balaban J connectivity index is 1.90. The van der Waals surface area contributed by atoms with Gasteiger partial charge in [0.2, 0.25) is 0 Å². The molecule has 0 aromatic heterocycles. The third kappa shape index (κ3) is 4.25. The molecule has 4 heteroatoms. The topological polar surface area (TPSA) is 38.8 Å². The number of aryl methyl sites for hydroxylation is 1. The van der Waals surface area contributed by atoms with Gasteiger partial charge in [-0.2, -0.15) is 0 Å². The van der Waals surface area contributed by atoms with Crippen LogP contribution < -0.4 is 9.47 Å². The molecule has 1 amide bonds. The van der Waals surface area contributed by atoms with Gasteiger partial charge in [0, 0.05) is 13.6 Å². The lowest BCUT2D eigenvalue weighted by atomic mass is 10.1. The van der Waals surface area contributed by atoms with Crippen molar-refractivity contribution in [1.29, 1.82) is 0 Å². The van der Waals surface area contributed by atoms with Gasteiger partial charge in [0.1, 0.15) is 0 Å². The lowest BCUT2D eigenvalue weighted by Crippen LogP contribution is -2.31. The molecule has 2 aromatic rings. The minimum absolute atomic E-state index is 0.0112. The molecule has 22 heavy (non-hydrogen) atoms. The van der Waals surface area contributed by atoms with E-state index in [9.17, 15) is 4.79 Å². The molecule has 4 nitrogen and oxygen atoms in total. The maximum atomic E-state index is 12.1. The number of carbonyl (C=O) groups is 1. The molecule has 0 atom stereocenters. The average Bonchev–Trinajstić information content (AvgIpc) is 2.54. The molecule has 2 aromatic carbocycles. The Morgan fingerprint density at radius 1 is 1.05 bits per heavy atom. The fraction of sp³-hybridized carbons (Fsp3) is 0.278. The lowest BCUT2D eigenvalue weighted by molar-refractivity contribution is -0.132. The largest absolute Gasteiger partial charge is 0.493 e. The molecule has 0 aliphatic carbocycles. The summed E-state index contributed by atoms with van der Waals surface area (Å²) in [5.41, 5.74) is 2.30. The van der Waals surface area contributed by atoms with Gasteiger partial charge in [0.25, 0.3) is 5.91 Å². The van der Waals surface area contributed by atoms with E-state index in [-0.39, 0.29) is 12.5 Å². The third-order valence-corrected chi connectivity index (χ3v) is 3.39. The summed E-state index contributed by atoms with van der Waals surface area (Å²) in [4.78, 5) is 13.8. The Kier molecular flexibility index (Phi) is 5.42. The van der Waals surface area contributed by atoms with Crippen molar-refractivity contribution in [2.45, 2.75) is 13.5 Å². The minimum atomic E-state index is -0.0773. The highest BCUT2D eigenvalue weighted by molar-refractivity contribution is 5.77. The van der Waals surface area contributed by atoms with Crippen LogP contribution in [0, 0.1) is 6.92 Å². The van der Waals surface area contributed by atoms with Crippen LogP contribution >= 0.6 is 0 Å². The van der Waals surface area contributed by atoms with Gasteiger partial charge in [-0.3, -0.25) is 4.79 Å². The number of methoxy groups -OCH3 is 1. The van der Waals surface area contributed by atoms with E-state index in [0.29, 0.717) is 18.0 Å². The van der Waals surface area contributed by atoms with E-state index < -0.39 is 0 Å². The van der Waals surface area contributed by atoms with Crippen molar-refractivity contribution in [3.8, 4) is 11.5 Å². The summed E-state index contributed by atoms with van der Waals surface area (Å²) in [6.45, 7) is 2.59. The number of benzene rings is 2. The van der Waals surface area contributed by atoms with Crippen LogP contribution in [0.3, 0.4) is 0 Å². The first-order valence-electron chi connectivity index (χ1n) is 7.15. The number of para-hydroxylation sites is 2. The summed E-state index contributed by atoms with van der Waals surface area (Å²) in [5.74, 6) is 1.12. The Hall–Kier alpha value is -2.49. The highest BCUT2D eigenvalue weighted by Gasteiger charge is 2.11. The van der Waals surface area contributed by atoms with Crippen LogP contribution in [-0.2, 0) is 11.3 Å². The van der Waals surface area contributed by atoms with E-state index in [0.717, 1.165) is 5.56 Å². The summed E-state index contributed by atoms with van der Waals surface area (Å²) in [5, 5.41) is 0. The van der Waals surface area contributed by atoms with Crippen molar-refractivity contribution in [2.24, 2.45) is 0 Å². The Labute approximate surface area is 131 Å². The number of likely N-dealkylation sites (N-methyl/N-ethyl adjacent to an activating group) is 1. The lowest BCUT2D eigenvalue weighted by Gasteiger charge is -2.18. The van der Waals surface area contributed by atoms with Gasteiger partial charge in [-0.25, -0.2) is 0 Å².